The predicted octanol–water partition coefficient (Wildman–Crippen LogP) is 3.52. The second-order valence-corrected chi connectivity index (χ2v) is 6.44. The average molecular weight is 392 g/mol. The topological polar surface area (TPSA) is 61.9 Å². The van der Waals surface area contributed by atoms with Crippen LogP contribution < -0.4 is 10.3 Å². The Morgan fingerprint density at radius 1 is 1.37 bits per heavy atom. The summed E-state index contributed by atoms with van der Waals surface area (Å²) in [6, 6.07) is 10.1. The number of carbonyl (C=O) groups is 2. The molecule has 0 fully saturated rings. The summed E-state index contributed by atoms with van der Waals surface area (Å²) in [6.07, 6.45) is 0.120. The number of hydrazine groups is 1. The lowest BCUT2D eigenvalue weighted by molar-refractivity contribution is -0.142. The predicted molar refractivity (Wildman–Crippen MR) is 101 cm³/mol. The molecule has 6 nitrogen and oxygen atoms in total. The summed E-state index contributed by atoms with van der Waals surface area (Å²) in [6.45, 7) is 1.92. The highest BCUT2D eigenvalue weighted by Crippen LogP contribution is 2.39. The van der Waals surface area contributed by atoms with Crippen molar-refractivity contribution in [1.82, 2.24) is 5.01 Å². The molecule has 0 saturated carbocycles. The van der Waals surface area contributed by atoms with Crippen molar-refractivity contribution in [3.63, 3.8) is 0 Å². The van der Waals surface area contributed by atoms with Crippen molar-refractivity contribution in [2.24, 2.45) is 0 Å². The maximum atomic E-state index is 14.5. The van der Waals surface area contributed by atoms with Crippen molar-refractivity contribution in [3.05, 3.63) is 58.4 Å². The molecule has 1 N–H and O–H groups in total. The number of ether oxygens (including phenoxy) is 1. The minimum absolute atomic E-state index is 0.165. The van der Waals surface area contributed by atoms with E-state index in [1.54, 1.807) is 19.0 Å². The van der Waals surface area contributed by atoms with Gasteiger partial charge in [0.15, 0.2) is 0 Å². The Bertz CT molecular complexity index is 877. The Morgan fingerprint density at radius 2 is 2.11 bits per heavy atom. The lowest BCUT2D eigenvalue weighted by Crippen LogP contribution is -2.38. The maximum Gasteiger partial charge on any atom is 0.310 e. The maximum absolute atomic E-state index is 14.5. The first-order chi connectivity index (χ1) is 13.0. The molecule has 0 bridgehead atoms. The number of hydrogen-bond acceptors (Lipinski definition) is 5. The first-order valence-electron chi connectivity index (χ1n) is 8.42. The third-order valence-corrected chi connectivity index (χ3v) is 4.67. The number of nitrogens with zero attached hydrogens (tertiary/aromatic N) is 2. The van der Waals surface area contributed by atoms with Crippen molar-refractivity contribution in [2.45, 2.75) is 19.5 Å². The van der Waals surface area contributed by atoms with Gasteiger partial charge in [0.2, 0.25) is 6.41 Å². The van der Waals surface area contributed by atoms with Crippen molar-refractivity contribution in [1.29, 1.82) is 0 Å². The van der Waals surface area contributed by atoms with Crippen LogP contribution in [0.5, 0.6) is 0 Å². The standard InChI is InChI=1S/C19H19ClFN3O3/c1-3-27-18(26)9-12-8-14(20)16(10-15(12)21)22-19-13-6-4-5-7-17(13)24(11-25)23(19)2/h4-8,10-11,19,22H,3,9H2,1-2H3. The number of hydrogen-bond donors (Lipinski definition) is 1. The van der Waals surface area contributed by atoms with Gasteiger partial charge < -0.3 is 10.1 Å². The number of esters is 1. The minimum atomic E-state index is -0.559. The molecule has 1 heterocycles. The van der Waals surface area contributed by atoms with Gasteiger partial charge >= 0.3 is 5.97 Å². The summed E-state index contributed by atoms with van der Waals surface area (Å²) in [5.74, 6) is -1.07. The summed E-state index contributed by atoms with van der Waals surface area (Å²) in [7, 11) is 1.74. The van der Waals surface area contributed by atoms with Gasteiger partial charge in [-0.05, 0) is 25.1 Å². The number of amides is 1. The number of para-hydroxylation sites is 1. The van der Waals surface area contributed by atoms with E-state index < -0.39 is 18.0 Å². The van der Waals surface area contributed by atoms with Crippen LogP contribution in [-0.4, -0.2) is 31.0 Å². The minimum Gasteiger partial charge on any atom is -0.466 e. The lowest BCUT2D eigenvalue weighted by Gasteiger charge is -2.27. The van der Waals surface area contributed by atoms with Crippen LogP contribution in [0.4, 0.5) is 15.8 Å². The van der Waals surface area contributed by atoms with E-state index in [2.05, 4.69) is 5.32 Å². The van der Waals surface area contributed by atoms with Crippen molar-refractivity contribution < 1.29 is 18.7 Å². The molecule has 8 heteroatoms. The first kappa shape index (κ1) is 19.1. The number of fused-ring (bicyclic) bond motifs is 1. The molecule has 0 saturated heterocycles. The summed E-state index contributed by atoms with van der Waals surface area (Å²) in [5, 5.41) is 6.59. The van der Waals surface area contributed by atoms with Crippen LogP contribution in [0.1, 0.15) is 24.2 Å². The van der Waals surface area contributed by atoms with E-state index >= 15 is 0 Å². The third kappa shape index (κ3) is 3.74. The smallest absolute Gasteiger partial charge is 0.310 e. The van der Waals surface area contributed by atoms with E-state index in [0.29, 0.717) is 12.1 Å². The summed E-state index contributed by atoms with van der Waals surface area (Å²) >= 11 is 6.30. The number of anilines is 2. The van der Waals surface area contributed by atoms with Crippen LogP contribution in [0.2, 0.25) is 5.02 Å². The zero-order valence-electron chi connectivity index (χ0n) is 14.9. The highest BCUT2D eigenvalue weighted by molar-refractivity contribution is 6.33. The molecule has 0 aromatic heterocycles. The lowest BCUT2D eigenvalue weighted by atomic mass is 10.1. The monoisotopic (exact) mass is 391 g/mol. The van der Waals surface area contributed by atoms with Crippen LogP contribution in [0.25, 0.3) is 0 Å². The third-order valence-electron chi connectivity index (χ3n) is 4.36. The Labute approximate surface area is 161 Å². The van der Waals surface area contributed by atoms with Crippen molar-refractivity contribution in [2.75, 3.05) is 24.0 Å². The summed E-state index contributed by atoms with van der Waals surface area (Å²) < 4.78 is 19.3. The van der Waals surface area contributed by atoms with Gasteiger partial charge in [0.1, 0.15) is 12.0 Å². The van der Waals surface area contributed by atoms with Gasteiger partial charge in [0, 0.05) is 18.2 Å². The van der Waals surface area contributed by atoms with Gasteiger partial charge in [-0.2, -0.15) is 5.01 Å². The molecule has 3 rings (SSSR count). The molecule has 0 aliphatic carbocycles. The number of benzene rings is 2. The molecule has 1 unspecified atom stereocenters. The molecule has 1 aliphatic heterocycles. The first-order valence-corrected chi connectivity index (χ1v) is 8.80. The van der Waals surface area contributed by atoms with Gasteiger partial charge in [-0.25, -0.2) is 9.40 Å². The zero-order chi connectivity index (χ0) is 19.6. The molecule has 0 spiro atoms. The molecule has 2 aromatic rings. The van der Waals surface area contributed by atoms with Crippen LogP contribution in [0.15, 0.2) is 36.4 Å². The Morgan fingerprint density at radius 3 is 2.81 bits per heavy atom. The Balaban J connectivity index is 1.87. The zero-order valence-corrected chi connectivity index (χ0v) is 15.7. The number of halogens is 2. The van der Waals surface area contributed by atoms with Crippen LogP contribution in [0, 0.1) is 5.82 Å². The Hall–Kier alpha value is -2.64. The van der Waals surface area contributed by atoms with Crippen LogP contribution in [0.3, 0.4) is 0 Å². The van der Waals surface area contributed by atoms with Gasteiger partial charge in [-0.1, -0.05) is 29.8 Å². The SMILES string of the molecule is CCOC(=O)Cc1cc(Cl)c(NC2c3ccccc3N(C=O)N2C)cc1F. The van der Waals surface area contributed by atoms with E-state index in [9.17, 15) is 14.0 Å². The molecule has 27 heavy (non-hydrogen) atoms. The number of carbonyl (C=O) groups excluding carboxylic acids is 2. The molecule has 1 amide bonds. The summed E-state index contributed by atoms with van der Waals surface area (Å²) in [5.41, 5.74) is 2.13. The van der Waals surface area contributed by atoms with Crippen molar-refractivity contribution >= 4 is 35.4 Å². The molecule has 2 aromatic carbocycles. The highest BCUT2D eigenvalue weighted by Gasteiger charge is 2.34. The Kier molecular flexibility index (Phi) is 5.62. The fraction of sp³-hybridized carbons (Fsp3) is 0.263. The number of rotatable bonds is 6. The quantitative estimate of drug-likeness (QED) is 0.603. The van der Waals surface area contributed by atoms with E-state index in [0.717, 1.165) is 11.3 Å². The molecule has 1 atom stereocenters. The normalized spacial score (nSPS) is 16.1. The van der Waals surface area contributed by atoms with Crippen LogP contribution in [-0.2, 0) is 20.7 Å². The fourth-order valence-electron chi connectivity index (χ4n) is 3.07. The largest absolute Gasteiger partial charge is 0.466 e. The number of nitrogens with one attached hydrogen (secondary N) is 1. The second kappa shape index (κ2) is 7.94. The molecule has 1 aliphatic rings. The van der Waals surface area contributed by atoms with Crippen molar-refractivity contribution in [3.8, 4) is 0 Å². The van der Waals surface area contributed by atoms with Gasteiger partial charge in [0.05, 0.1) is 29.4 Å². The molecular weight excluding hydrogens is 373 g/mol. The molecular formula is C19H19ClFN3O3. The molecule has 142 valence electrons. The van der Waals surface area contributed by atoms with E-state index in [1.165, 1.54) is 17.1 Å². The van der Waals surface area contributed by atoms with E-state index in [4.69, 9.17) is 16.3 Å². The summed E-state index contributed by atoms with van der Waals surface area (Å²) in [4.78, 5) is 23.0. The fourth-order valence-corrected chi connectivity index (χ4v) is 3.32. The van der Waals surface area contributed by atoms with Gasteiger partial charge in [-0.3, -0.25) is 9.59 Å². The van der Waals surface area contributed by atoms with E-state index in [-0.39, 0.29) is 23.6 Å². The van der Waals surface area contributed by atoms with Gasteiger partial charge in [0.25, 0.3) is 0 Å². The van der Waals surface area contributed by atoms with E-state index in [1.807, 2.05) is 24.3 Å². The second-order valence-electron chi connectivity index (χ2n) is 6.03. The van der Waals surface area contributed by atoms with Gasteiger partial charge in [-0.15, -0.1) is 0 Å². The molecule has 0 radical (unpaired) electrons. The van der Waals surface area contributed by atoms with Crippen LogP contribution >= 0.6 is 11.6 Å². The average Bonchev–Trinajstić information content (AvgIpc) is 2.90. The highest BCUT2D eigenvalue weighted by atomic mass is 35.5.